The van der Waals surface area contributed by atoms with E-state index in [0.29, 0.717) is 22.5 Å². The molecule has 0 aliphatic carbocycles. The van der Waals surface area contributed by atoms with Crippen LogP contribution in [0.15, 0.2) is 26.3 Å². The molecule has 0 aromatic carbocycles. The Labute approximate surface area is 175 Å². The van der Waals surface area contributed by atoms with Gasteiger partial charge in [0.25, 0.3) is 11.1 Å². The Balaban J connectivity index is 1.49. The minimum absolute atomic E-state index is 0.0147. The van der Waals surface area contributed by atoms with Gasteiger partial charge in [0.2, 0.25) is 0 Å². The Bertz CT molecular complexity index is 1200. The second-order valence-corrected chi connectivity index (χ2v) is 8.78. The molecular formula is C19H19N5O3S2. The maximum atomic E-state index is 12.8. The summed E-state index contributed by atoms with van der Waals surface area (Å²) in [6, 6.07) is 3.71. The molecule has 10 heteroatoms. The van der Waals surface area contributed by atoms with E-state index in [1.165, 1.54) is 23.1 Å². The van der Waals surface area contributed by atoms with Crippen LogP contribution >= 0.6 is 23.1 Å². The fourth-order valence-electron chi connectivity index (χ4n) is 3.15. The van der Waals surface area contributed by atoms with Gasteiger partial charge in [-0.25, -0.2) is 4.98 Å². The zero-order valence-electron chi connectivity index (χ0n) is 16.6. The first-order valence-electron chi connectivity index (χ1n) is 8.90. The van der Waals surface area contributed by atoms with Crippen molar-refractivity contribution in [3.8, 4) is 16.6 Å². The summed E-state index contributed by atoms with van der Waals surface area (Å²) in [6.45, 7) is 9.51. The number of Topliss-reactive ketones (excluding diaryl/α,β-unsaturated/α-hetero) is 1. The lowest BCUT2D eigenvalue weighted by Crippen LogP contribution is -2.05. The van der Waals surface area contributed by atoms with Crippen molar-refractivity contribution in [3.63, 3.8) is 0 Å². The number of rotatable bonds is 6. The third-order valence-electron chi connectivity index (χ3n) is 4.41. The van der Waals surface area contributed by atoms with Gasteiger partial charge in [-0.1, -0.05) is 16.9 Å². The van der Waals surface area contributed by atoms with Crippen LogP contribution in [-0.4, -0.2) is 36.4 Å². The van der Waals surface area contributed by atoms with Gasteiger partial charge in [0.05, 0.1) is 16.5 Å². The molecule has 0 saturated carbocycles. The van der Waals surface area contributed by atoms with Gasteiger partial charge in [0.15, 0.2) is 11.6 Å². The van der Waals surface area contributed by atoms with Crippen LogP contribution in [0.1, 0.15) is 38.2 Å². The third kappa shape index (κ3) is 3.77. The first-order valence-corrected chi connectivity index (χ1v) is 10.7. The van der Waals surface area contributed by atoms with E-state index in [2.05, 4.69) is 20.3 Å². The van der Waals surface area contributed by atoms with E-state index in [1.807, 2.05) is 51.3 Å². The molecule has 4 heterocycles. The maximum Gasteiger partial charge on any atom is 0.277 e. The average Bonchev–Trinajstić information content (AvgIpc) is 3.42. The van der Waals surface area contributed by atoms with Gasteiger partial charge in [0, 0.05) is 23.0 Å². The van der Waals surface area contributed by atoms with Crippen LogP contribution < -0.4 is 0 Å². The molecule has 8 nitrogen and oxygen atoms in total. The number of thioether (sulfide) groups is 1. The Morgan fingerprint density at radius 1 is 1.17 bits per heavy atom. The molecule has 0 amide bonds. The van der Waals surface area contributed by atoms with Crippen molar-refractivity contribution in [3.05, 3.63) is 45.5 Å². The molecule has 4 aromatic rings. The molecule has 150 valence electrons. The summed E-state index contributed by atoms with van der Waals surface area (Å²) in [5.74, 6) is 2.00. The topological polar surface area (TPSA) is 99.8 Å². The highest BCUT2D eigenvalue weighted by Gasteiger charge is 2.20. The molecular weight excluding hydrogens is 410 g/mol. The number of ketones is 1. The highest BCUT2D eigenvalue weighted by molar-refractivity contribution is 7.99. The molecule has 4 aromatic heterocycles. The molecule has 0 radical (unpaired) electrons. The zero-order chi connectivity index (χ0) is 20.7. The van der Waals surface area contributed by atoms with Crippen LogP contribution in [0, 0.1) is 34.6 Å². The Hall–Kier alpha value is -2.72. The molecule has 0 atom stereocenters. The van der Waals surface area contributed by atoms with E-state index in [1.54, 1.807) is 0 Å². The molecule has 0 N–H and O–H groups in total. The number of carbonyl (C=O) groups excluding carboxylic acids is 1. The number of aryl methyl sites for hydroxylation is 4. The summed E-state index contributed by atoms with van der Waals surface area (Å²) >= 11 is 2.73. The predicted molar refractivity (Wildman–Crippen MR) is 110 cm³/mol. The van der Waals surface area contributed by atoms with Gasteiger partial charge in [0.1, 0.15) is 10.6 Å². The van der Waals surface area contributed by atoms with Crippen LogP contribution in [0.2, 0.25) is 0 Å². The standard InChI is InChI=1S/C19H19N5O3S2/c1-9-6-14(12(4)24(9)16-7-10(2)27-23-16)15(25)8-28-19-22-21-18(26-19)17-11(3)20-13(5)29-17/h6-7H,8H2,1-5H3. The lowest BCUT2D eigenvalue weighted by Gasteiger charge is -2.04. The van der Waals surface area contributed by atoms with Crippen LogP contribution in [0.5, 0.6) is 0 Å². The second kappa shape index (κ2) is 7.60. The number of aromatic nitrogens is 5. The van der Waals surface area contributed by atoms with Gasteiger partial charge in [-0.2, -0.15) is 0 Å². The fourth-order valence-corrected chi connectivity index (χ4v) is 4.64. The lowest BCUT2D eigenvalue weighted by atomic mass is 10.2. The lowest BCUT2D eigenvalue weighted by molar-refractivity contribution is 0.102. The van der Waals surface area contributed by atoms with Crippen LogP contribution in [0.3, 0.4) is 0 Å². The Morgan fingerprint density at radius 2 is 1.97 bits per heavy atom. The van der Waals surface area contributed by atoms with E-state index in [9.17, 15) is 4.79 Å². The fraction of sp³-hybridized carbons (Fsp3) is 0.316. The molecule has 0 bridgehead atoms. The van der Waals surface area contributed by atoms with E-state index < -0.39 is 0 Å². The average molecular weight is 430 g/mol. The first kappa shape index (κ1) is 19.6. The minimum atomic E-state index is -0.0147. The predicted octanol–water partition coefficient (Wildman–Crippen LogP) is 4.49. The summed E-state index contributed by atoms with van der Waals surface area (Å²) in [5, 5.41) is 13.5. The summed E-state index contributed by atoms with van der Waals surface area (Å²) in [4.78, 5) is 18.0. The van der Waals surface area contributed by atoms with Gasteiger partial charge in [-0.05, 0) is 40.7 Å². The number of nitrogens with zero attached hydrogens (tertiary/aromatic N) is 5. The maximum absolute atomic E-state index is 12.8. The number of carbonyl (C=O) groups is 1. The van der Waals surface area contributed by atoms with Gasteiger partial charge in [-0.15, -0.1) is 21.5 Å². The molecule has 0 aliphatic rings. The Kier molecular flexibility index (Phi) is 5.13. The molecule has 0 aliphatic heterocycles. The van der Waals surface area contributed by atoms with Crippen LogP contribution in [-0.2, 0) is 0 Å². The molecule has 0 fully saturated rings. The monoisotopic (exact) mass is 429 g/mol. The van der Waals surface area contributed by atoms with E-state index >= 15 is 0 Å². The van der Waals surface area contributed by atoms with Crippen molar-refractivity contribution >= 4 is 28.9 Å². The van der Waals surface area contributed by atoms with Crippen LogP contribution in [0.4, 0.5) is 0 Å². The van der Waals surface area contributed by atoms with Crippen LogP contribution in [0.25, 0.3) is 16.6 Å². The van der Waals surface area contributed by atoms with Crippen molar-refractivity contribution < 1.29 is 13.7 Å². The Morgan fingerprint density at radius 3 is 2.62 bits per heavy atom. The highest BCUT2D eigenvalue weighted by Crippen LogP contribution is 2.31. The van der Waals surface area contributed by atoms with Gasteiger partial charge in [-0.3, -0.25) is 9.36 Å². The van der Waals surface area contributed by atoms with Crippen molar-refractivity contribution in [2.24, 2.45) is 0 Å². The smallest absolute Gasteiger partial charge is 0.277 e. The molecule has 0 spiro atoms. The minimum Gasteiger partial charge on any atom is -0.410 e. The SMILES string of the molecule is Cc1cc(-n2c(C)cc(C(=O)CSc3nnc(-c4sc(C)nc4C)o3)c2C)no1. The molecule has 0 saturated heterocycles. The summed E-state index contributed by atoms with van der Waals surface area (Å²) in [5.41, 5.74) is 3.24. The largest absolute Gasteiger partial charge is 0.410 e. The normalized spacial score (nSPS) is 11.3. The molecule has 4 rings (SSSR count). The third-order valence-corrected chi connectivity index (χ3v) is 6.29. The molecule has 0 unspecified atom stereocenters. The van der Waals surface area contributed by atoms with Crippen molar-refractivity contribution in [1.29, 1.82) is 0 Å². The number of hydrogen-bond acceptors (Lipinski definition) is 9. The van der Waals surface area contributed by atoms with Gasteiger partial charge < -0.3 is 8.94 Å². The van der Waals surface area contributed by atoms with Crippen molar-refractivity contribution in [1.82, 2.24) is 24.9 Å². The van der Waals surface area contributed by atoms with E-state index in [4.69, 9.17) is 8.94 Å². The second-order valence-electron chi connectivity index (χ2n) is 6.65. The summed E-state index contributed by atoms with van der Waals surface area (Å²) in [6.07, 6.45) is 0. The zero-order valence-corrected chi connectivity index (χ0v) is 18.3. The van der Waals surface area contributed by atoms with Gasteiger partial charge >= 0.3 is 0 Å². The quantitative estimate of drug-likeness (QED) is 0.326. The van der Waals surface area contributed by atoms with Crippen molar-refractivity contribution in [2.75, 3.05) is 5.75 Å². The van der Waals surface area contributed by atoms with Crippen molar-refractivity contribution in [2.45, 2.75) is 39.8 Å². The first-order chi connectivity index (χ1) is 13.8. The summed E-state index contributed by atoms with van der Waals surface area (Å²) in [7, 11) is 0. The number of thiazole rings is 1. The highest BCUT2D eigenvalue weighted by atomic mass is 32.2. The molecule has 29 heavy (non-hydrogen) atoms. The number of hydrogen-bond donors (Lipinski definition) is 0. The van der Waals surface area contributed by atoms with E-state index in [0.717, 1.165) is 32.7 Å². The summed E-state index contributed by atoms with van der Waals surface area (Å²) < 4.78 is 12.8. The van der Waals surface area contributed by atoms with E-state index in [-0.39, 0.29) is 11.5 Å².